The van der Waals surface area contributed by atoms with E-state index < -0.39 is 23.0 Å². The molecule has 0 amide bonds. The van der Waals surface area contributed by atoms with E-state index in [-0.39, 0.29) is 27.2 Å². The van der Waals surface area contributed by atoms with E-state index in [4.69, 9.17) is 10.00 Å². The van der Waals surface area contributed by atoms with Gasteiger partial charge in [-0.25, -0.2) is 16.8 Å². The molecule has 0 N–H and O–H groups in total. The van der Waals surface area contributed by atoms with E-state index in [9.17, 15) is 13.0 Å². The van der Waals surface area contributed by atoms with Crippen LogP contribution in [-0.2, 0) is 14.6 Å². The zero-order valence-electron chi connectivity index (χ0n) is 18.1. The maximum absolute atomic E-state index is 15.4. The summed E-state index contributed by atoms with van der Waals surface area (Å²) in [6.45, 7) is 4.61. The minimum absolute atomic E-state index is 0.0628. The van der Waals surface area contributed by atoms with Gasteiger partial charge >= 0.3 is 0 Å². The third-order valence-corrected chi connectivity index (χ3v) is 8.56. The van der Waals surface area contributed by atoms with Crippen molar-refractivity contribution in [2.24, 2.45) is 0 Å². The molecule has 9 heteroatoms. The van der Waals surface area contributed by atoms with Crippen LogP contribution in [0, 0.1) is 24.1 Å². The molecule has 0 bridgehead atoms. The first-order valence-electron chi connectivity index (χ1n) is 9.92. The molecule has 1 heterocycles. The number of hydrogen-bond donors (Lipinski definition) is 0. The van der Waals surface area contributed by atoms with Crippen molar-refractivity contribution in [2.75, 3.05) is 13.3 Å². The Kier molecular flexibility index (Phi) is 5.65. The number of nitrogens with zero attached hydrogens (tertiary/aromatic N) is 2. The standard InChI is InChI=1S/C24H20FN2O4PS/c1-16-7-4-5-10-22(16)33(29,30)27-12-11-19-21(27)14-20(25)23(24(19)32(2,3)28)31-18-9-6-8-17(13-18)15-26/h4-14H,1-3H3. The Hall–Kier alpha value is -3.40. The predicted molar refractivity (Wildman–Crippen MR) is 126 cm³/mol. The third-order valence-electron chi connectivity index (χ3n) is 5.19. The molecular weight excluding hydrogens is 462 g/mol. The zero-order valence-corrected chi connectivity index (χ0v) is 19.8. The Balaban J connectivity index is 1.97. The summed E-state index contributed by atoms with van der Waals surface area (Å²) in [5.74, 6) is -0.908. The monoisotopic (exact) mass is 482 g/mol. The molecule has 33 heavy (non-hydrogen) atoms. The van der Waals surface area contributed by atoms with Crippen molar-refractivity contribution in [3.8, 4) is 17.6 Å². The Morgan fingerprint density at radius 1 is 1.06 bits per heavy atom. The van der Waals surface area contributed by atoms with Gasteiger partial charge in [0.2, 0.25) is 0 Å². The molecule has 4 rings (SSSR count). The summed E-state index contributed by atoms with van der Waals surface area (Å²) in [6.07, 6.45) is 1.32. The highest BCUT2D eigenvalue weighted by atomic mass is 32.2. The second-order valence-corrected chi connectivity index (χ2v) is 12.9. The molecule has 0 aliphatic rings. The van der Waals surface area contributed by atoms with Crippen molar-refractivity contribution in [3.63, 3.8) is 0 Å². The second kappa shape index (κ2) is 8.18. The van der Waals surface area contributed by atoms with E-state index in [0.29, 0.717) is 16.5 Å². The average Bonchev–Trinajstić information content (AvgIpc) is 3.17. The second-order valence-electron chi connectivity index (χ2n) is 7.94. The van der Waals surface area contributed by atoms with Gasteiger partial charge in [0, 0.05) is 17.6 Å². The molecule has 3 aromatic carbocycles. The number of rotatable bonds is 5. The SMILES string of the molecule is Cc1ccccc1S(=O)(=O)n1ccc2c(P(C)(C)=O)c(Oc3cccc(C#N)c3)c(F)cc21. The lowest BCUT2D eigenvalue weighted by atomic mass is 10.2. The zero-order chi connectivity index (χ0) is 24.0. The summed E-state index contributed by atoms with van der Waals surface area (Å²) >= 11 is 0. The molecule has 168 valence electrons. The van der Waals surface area contributed by atoms with Crippen LogP contribution >= 0.6 is 7.14 Å². The summed E-state index contributed by atoms with van der Waals surface area (Å²) in [7, 11) is -7.17. The lowest BCUT2D eigenvalue weighted by Crippen LogP contribution is -2.15. The maximum Gasteiger partial charge on any atom is 0.268 e. The van der Waals surface area contributed by atoms with Gasteiger partial charge in [0.25, 0.3) is 10.0 Å². The fraction of sp³-hybridized carbons (Fsp3) is 0.125. The van der Waals surface area contributed by atoms with Crippen LogP contribution in [0.2, 0.25) is 0 Å². The largest absolute Gasteiger partial charge is 0.453 e. The van der Waals surface area contributed by atoms with Gasteiger partial charge in [0.15, 0.2) is 11.6 Å². The number of nitriles is 1. The number of aryl methyl sites for hydroxylation is 1. The smallest absolute Gasteiger partial charge is 0.268 e. The molecule has 0 atom stereocenters. The van der Waals surface area contributed by atoms with Crippen LogP contribution in [0.3, 0.4) is 0 Å². The summed E-state index contributed by atoms with van der Waals surface area (Å²) in [4.78, 5) is 0.0919. The van der Waals surface area contributed by atoms with Gasteiger partial charge in [-0.3, -0.25) is 0 Å². The predicted octanol–water partition coefficient (Wildman–Crippen LogP) is 5.24. The minimum atomic E-state index is -4.03. The van der Waals surface area contributed by atoms with Crippen LogP contribution in [0.15, 0.2) is 71.8 Å². The van der Waals surface area contributed by atoms with Crippen LogP contribution in [-0.4, -0.2) is 25.7 Å². The van der Waals surface area contributed by atoms with Gasteiger partial charge in [-0.05, 0) is 56.1 Å². The first-order chi connectivity index (χ1) is 15.5. The molecular formula is C24H20FN2O4PS. The number of benzene rings is 3. The Labute approximate surface area is 191 Å². The number of halogens is 1. The molecule has 0 unspecified atom stereocenters. The molecule has 0 aliphatic heterocycles. The topological polar surface area (TPSA) is 89.2 Å². The van der Waals surface area contributed by atoms with Crippen molar-refractivity contribution >= 4 is 33.4 Å². The first kappa shape index (κ1) is 22.8. The fourth-order valence-corrected chi connectivity index (χ4v) is 6.71. The average molecular weight is 482 g/mol. The highest BCUT2D eigenvalue weighted by molar-refractivity contribution is 7.90. The number of ether oxygens (including phenoxy) is 1. The normalized spacial score (nSPS) is 12.0. The molecule has 0 fully saturated rings. The first-order valence-corrected chi connectivity index (χ1v) is 14.0. The molecule has 0 radical (unpaired) electrons. The van der Waals surface area contributed by atoms with Gasteiger partial charge in [-0.15, -0.1) is 0 Å². The van der Waals surface area contributed by atoms with Crippen molar-refractivity contribution in [3.05, 3.63) is 83.8 Å². The molecule has 0 saturated heterocycles. The Bertz CT molecular complexity index is 1600. The molecule has 4 aromatic rings. The van der Waals surface area contributed by atoms with E-state index >= 15 is 4.39 Å². The molecule has 0 saturated carbocycles. The van der Waals surface area contributed by atoms with Crippen LogP contribution in [0.1, 0.15) is 11.1 Å². The van der Waals surface area contributed by atoms with Crippen LogP contribution in [0.25, 0.3) is 10.9 Å². The van der Waals surface area contributed by atoms with E-state index in [1.165, 1.54) is 37.7 Å². The van der Waals surface area contributed by atoms with Crippen molar-refractivity contribution in [1.29, 1.82) is 5.26 Å². The Morgan fingerprint density at radius 2 is 1.79 bits per heavy atom. The van der Waals surface area contributed by atoms with Gasteiger partial charge < -0.3 is 9.30 Å². The van der Waals surface area contributed by atoms with Crippen molar-refractivity contribution < 1.29 is 22.1 Å². The van der Waals surface area contributed by atoms with E-state index in [0.717, 1.165) is 10.0 Å². The number of hydrogen-bond acceptors (Lipinski definition) is 5. The highest BCUT2D eigenvalue weighted by Gasteiger charge is 2.29. The van der Waals surface area contributed by atoms with Crippen LogP contribution < -0.4 is 10.0 Å². The number of fused-ring (bicyclic) bond motifs is 1. The van der Waals surface area contributed by atoms with Gasteiger partial charge in [0.05, 0.1) is 27.3 Å². The van der Waals surface area contributed by atoms with Crippen LogP contribution in [0.5, 0.6) is 11.5 Å². The Morgan fingerprint density at radius 3 is 2.45 bits per heavy atom. The van der Waals surface area contributed by atoms with E-state index in [1.807, 2.05) is 6.07 Å². The van der Waals surface area contributed by atoms with Gasteiger partial charge in [-0.2, -0.15) is 5.26 Å². The summed E-state index contributed by atoms with van der Waals surface area (Å²) in [5, 5.41) is 9.53. The van der Waals surface area contributed by atoms with E-state index in [1.54, 1.807) is 43.3 Å². The molecule has 1 aromatic heterocycles. The summed E-state index contributed by atoms with van der Waals surface area (Å²) in [6, 6.07) is 17.2. The molecule has 0 spiro atoms. The fourth-order valence-electron chi connectivity index (χ4n) is 3.73. The quantitative estimate of drug-likeness (QED) is 0.363. The lowest BCUT2D eigenvalue weighted by Gasteiger charge is -2.18. The van der Waals surface area contributed by atoms with E-state index in [2.05, 4.69) is 0 Å². The van der Waals surface area contributed by atoms with Crippen LogP contribution in [0.4, 0.5) is 4.39 Å². The summed E-state index contributed by atoms with van der Waals surface area (Å²) < 4.78 is 62.1. The number of aromatic nitrogens is 1. The summed E-state index contributed by atoms with van der Waals surface area (Å²) in [5.41, 5.74) is 0.934. The molecule has 0 aliphatic carbocycles. The van der Waals surface area contributed by atoms with Gasteiger partial charge in [0.1, 0.15) is 12.9 Å². The minimum Gasteiger partial charge on any atom is -0.453 e. The van der Waals surface area contributed by atoms with Crippen molar-refractivity contribution in [1.82, 2.24) is 3.97 Å². The van der Waals surface area contributed by atoms with Crippen molar-refractivity contribution in [2.45, 2.75) is 11.8 Å². The highest BCUT2D eigenvalue weighted by Crippen LogP contribution is 2.44. The van der Waals surface area contributed by atoms with Gasteiger partial charge in [-0.1, -0.05) is 24.3 Å². The lowest BCUT2D eigenvalue weighted by molar-refractivity contribution is 0.446. The maximum atomic E-state index is 15.4. The molecule has 6 nitrogen and oxygen atoms in total. The third kappa shape index (κ3) is 4.06.